The maximum Gasteiger partial charge on any atom is 0.122 e. The lowest BCUT2D eigenvalue weighted by Crippen LogP contribution is -2.29. The summed E-state index contributed by atoms with van der Waals surface area (Å²) in [5.41, 5.74) is 3.43. The zero-order valence-corrected chi connectivity index (χ0v) is 12.3. The SMILES string of the molecule is Cc1cc(C)c(OCC2(C#N)CCCCC2)cc1C. The predicted molar refractivity (Wildman–Crippen MR) is 77.3 cm³/mol. The molecule has 1 aromatic carbocycles. The Kier molecular flexibility index (Phi) is 4.14. The summed E-state index contributed by atoms with van der Waals surface area (Å²) in [6.45, 7) is 6.82. The molecule has 0 aromatic heterocycles. The summed E-state index contributed by atoms with van der Waals surface area (Å²) in [6.07, 6.45) is 5.53. The molecule has 19 heavy (non-hydrogen) atoms. The predicted octanol–water partition coefficient (Wildman–Crippen LogP) is 4.46. The van der Waals surface area contributed by atoms with E-state index in [0.29, 0.717) is 6.61 Å². The molecule has 2 heteroatoms. The van der Waals surface area contributed by atoms with Crippen molar-refractivity contribution in [1.82, 2.24) is 0 Å². The molecule has 0 unspecified atom stereocenters. The van der Waals surface area contributed by atoms with Gasteiger partial charge in [-0.2, -0.15) is 5.26 Å². The zero-order valence-electron chi connectivity index (χ0n) is 12.3. The molecule has 0 saturated heterocycles. The van der Waals surface area contributed by atoms with E-state index in [1.165, 1.54) is 17.5 Å². The number of hydrogen-bond donors (Lipinski definition) is 0. The number of ether oxygens (including phenoxy) is 1. The third kappa shape index (κ3) is 3.10. The van der Waals surface area contributed by atoms with E-state index in [1.54, 1.807) is 0 Å². The molecule has 1 aliphatic carbocycles. The van der Waals surface area contributed by atoms with Crippen molar-refractivity contribution in [3.8, 4) is 11.8 Å². The van der Waals surface area contributed by atoms with Gasteiger partial charge in [0, 0.05) is 0 Å². The summed E-state index contributed by atoms with van der Waals surface area (Å²) in [4.78, 5) is 0. The quantitative estimate of drug-likeness (QED) is 0.800. The Morgan fingerprint density at radius 3 is 2.32 bits per heavy atom. The van der Waals surface area contributed by atoms with Gasteiger partial charge in [0.25, 0.3) is 0 Å². The second-order valence-electron chi connectivity index (χ2n) is 5.94. The van der Waals surface area contributed by atoms with E-state index >= 15 is 0 Å². The smallest absolute Gasteiger partial charge is 0.122 e. The molecule has 2 nitrogen and oxygen atoms in total. The van der Waals surface area contributed by atoms with Gasteiger partial charge in [-0.05, 0) is 56.4 Å². The molecule has 1 aliphatic rings. The van der Waals surface area contributed by atoms with Crippen LogP contribution < -0.4 is 4.74 Å². The number of rotatable bonds is 3. The molecule has 1 saturated carbocycles. The van der Waals surface area contributed by atoms with Gasteiger partial charge in [-0.15, -0.1) is 0 Å². The fraction of sp³-hybridized carbons (Fsp3) is 0.588. The normalized spacial score (nSPS) is 17.8. The number of nitrogens with zero attached hydrogens (tertiary/aromatic N) is 1. The second-order valence-corrected chi connectivity index (χ2v) is 5.94. The van der Waals surface area contributed by atoms with Crippen LogP contribution >= 0.6 is 0 Å². The van der Waals surface area contributed by atoms with Gasteiger partial charge in [-0.1, -0.05) is 25.3 Å². The molecule has 0 amide bonds. The lowest BCUT2D eigenvalue weighted by atomic mass is 9.76. The van der Waals surface area contributed by atoms with E-state index in [9.17, 15) is 5.26 Å². The van der Waals surface area contributed by atoms with Gasteiger partial charge in [-0.3, -0.25) is 0 Å². The average molecular weight is 257 g/mol. The van der Waals surface area contributed by atoms with E-state index in [4.69, 9.17) is 4.74 Å². The van der Waals surface area contributed by atoms with Crippen LogP contribution in [0.1, 0.15) is 48.8 Å². The minimum Gasteiger partial charge on any atom is -0.492 e. The van der Waals surface area contributed by atoms with Gasteiger partial charge in [0.1, 0.15) is 12.4 Å². The molecule has 1 fully saturated rings. The molecular weight excluding hydrogens is 234 g/mol. The number of benzene rings is 1. The van der Waals surface area contributed by atoms with Gasteiger partial charge in [-0.25, -0.2) is 0 Å². The Morgan fingerprint density at radius 2 is 1.68 bits per heavy atom. The highest BCUT2D eigenvalue weighted by molar-refractivity contribution is 5.40. The highest BCUT2D eigenvalue weighted by Crippen LogP contribution is 2.36. The fourth-order valence-corrected chi connectivity index (χ4v) is 2.82. The molecule has 2 rings (SSSR count). The van der Waals surface area contributed by atoms with Crippen molar-refractivity contribution in [3.63, 3.8) is 0 Å². The van der Waals surface area contributed by atoms with Crippen LogP contribution in [-0.4, -0.2) is 6.61 Å². The summed E-state index contributed by atoms with van der Waals surface area (Å²) in [5.74, 6) is 0.934. The number of aryl methyl sites for hydroxylation is 3. The van der Waals surface area contributed by atoms with E-state index in [0.717, 1.165) is 37.0 Å². The van der Waals surface area contributed by atoms with Crippen molar-refractivity contribution in [2.75, 3.05) is 6.61 Å². The molecule has 102 valence electrons. The minimum atomic E-state index is -0.260. The molecular formula is C17H23NO. The van der Waals surface area contributed by atoms with Gasteiger partial charge >= 0.3 is 0 Å². The summed E-state index contributed by atoms with van der Waals surface area (Å²) in [6, 6.07) is 6.76. The standard InChI is InChI=1S/C17H23NO/c1-13-9-15(3)16(10-14(13)2)19-12-17(11-18)7-5-4-6-8-17/h9-10H,4-8,12H2,1-3H3. The number of nitriles is 1. The minimum absolute atomic E-state index is 0.260. The lowest BCUT2D eigenvalue weighted by molar-refractivity contribution is 0.150. The molecule has 0 spiro atoms. The van der Waals surface area contributed by atoms with Gasteiger partial charge in [0.2, 0.25) is 0 Å². The van der Waals surface area contributed by atoms with Crippen LogP contribution in [0.2, 0.25) is 0 Å². The Morgan fingerprint density at radius 1 is 1.05 bits per heavy atom. The van der Waals surface area contributed by atoms with Crippen molar-refractivity contribution in [2.24, 2.45) is 5.41 Å². The van der Waals surface area contributed by atoms with Crippen molar-refractivity contribution in [3.05, 3.63) is 28.8 Å². The first-order valence-electron chi connectivity index (χ1n) is 7.18. The van der Waals surface area contributed by atoms with Gasteiger partial charge in [0.15, 0.2) is 0 Å². The maximum atomic E-state index is 9.46. The molecule has 0 bridgehead atoms. The van der Waals surface area contributed by atoms with E-state index < -0.39 is 0 Å². The van der Waals surface area contributed by atoms with Crippen LogP contribution in [-0.2, 0) is 0 Å². The molecule has 0 heterocycles. The monoisotopic (exact) mass is 257 g/mol. The molecule has 0 aliphatic heterocycles. The summed E-state index contributed by atoms with van der Waals surface area (Å²) in [5, 5.41) is 9.46. The summed E-state index contributed by atoms with van der Waals surface area (Å²) >= 11 is 0. The lowest BCUT2D eigenvalue weighted by Gasteiger charge is -2.30. The first-order chi connectivity index (χ1) is 9.06. The largest absolute Gasteiger partial charge is 0.492 e. The summed E-state index contributed by atoms with van der Waals surface area (Å²) < 4.78 is 5.98. The zero-order chi connectivity index (χ0) is 13.9. The van der Waals surface area contributed by atoms with Crippen LogP contribution in [0.15, 0.2) is 12.1 Å². The number of hydrogen-bond acceptors (Lipinski definition) is 2. The van der Waals surface area contributed by atoms with E-state index in [1.807, 2.05) is 0 Å². The average Bonchev–Trinajstić information content (AvgIpc) is 2.42. The molecule has 0 atom stereocenters. The highest BCUT2D eigenvalue weighted by Gasteiger charge is 2.33. The first-order valence-corrected chi connectivity index (χ1v) is 7.18. The van der Waals surface area contributed by atoms with Gasteiger partial charge in [0.05, 0.1) is 11.5 Å². The Labute approximate surface area is 116 Å². The topological polar surface area (TPSA) is 33.0 Å². The van der Waals surface area contributed by atoms with Crippen LogP contribution in [0.25, 0.3) is 0 Å². The van der Waals surface area contributed by atoms with Crippen LogP contribution in [0.4, 0.5) is 0 Å². The van der Waals surface area contributed by atoms with Crippen LogP contribution in [0.3, 0.4) is 0 Å². The van der Waals surface area contributed by atoms with Crippen LogP contribution in [0.5, 0.6) is 5.75 Å². The third-order valence-electron chi connectivity index (χ3n) is 4.34. The van der Waals surface area contributed by atoms with Crippen molar-refractivity contribution in [2.45, 2.75) is 52.9 Å². The molecule has 0 radical (unpaired) electrons. The Balaban J connectivity index is 2.10. The Bertz CT molecular complexity index is 493. The van der Waals surface area contributed by atoms with Crippen molar-refractivity contribution in [1.29, 1.82) is 5.26 Å². The Hall–Kier alpha value is -1.49. The third-order valence-corrected chi connectivity index (χ3v) is 4.34. The van der Waals surface area contributed by atoms with Crippen molar-refractivity contribution >= 4 is 0 Å². The fourth-order valence-electron chi connectivity index (χ4n) is 2.82. The molecule has 0 N–H and O–H groups in total. The maximum absolute atomic E-state index is 9.46. The van der Waals surface area contributed by atoms with E-state index in [2.05, 4.69) is 39.0 Å². The highest BCUT2D eigenvalue weighted by atomic mass is 16.5. The van der Waals surface area contributed by atoms with Crippen molar-refractivity contribution < 1.29 is 4.74 Å². The molecule has 1 aromatic rings. The second kappa shape index (κ2) is 5.65. The van der Waals surface area contributed by atoms with Gasteiger partial charge < -0.3 is 4.74 Å². The van der Waals surface area contributed by atoms with Crippen LogP contribution in [0, 0.1) is 37.5 Å². The van der Waals surface area contributed by atoms with E-state index in [-0.39, 0.29) is 5.41 Å². The summed E-state index contributed by atoms with van der Waals surface area (Å²) in [7, 11) is 0. The first kappa shape index (κ1) is 13.9.